The van der Waals surface area contributed by atoms with E-state index in [2.05, 4.69) is 26.6 Å². The Kier molecular flexibility index (Phi) is 43.4. The molecule has 5 amide bonds. The van der Waals surface area contributed by atoms with Crippen molar-refractivity contribution in [3.63, 3.8) is 0 Å². The Morgan fingerprint density at radius 1 is 0.190 bits per heavy atom. The molecule has 0 saturated carbocycles. The third-order valence-corrected chi connectivity index (χ3v) is 27.0. The molecule has 0 unspecified atom stereocenters. The van der Waals surface area contributed by atoms with Gasteiger partial charge in [-0.1, -0.05) is 0 Å². The number of amides is 5. The molecule has 0 spiro atoms. The lowest BCUT2D eigenvalue weighted by Crippen LogP contribution is -2.72. The highest BCUT2D eigenvalue weighted by atomic mass is 16.8. The van der Waals surface area contributed by atoms with Crippen molar-refractivity contribution in [2.24, 2.45) is 0 Å². The van der Waals surface area contributed by atoms with Gasteiger partial charge in [-0.25, -0.2) is 0 Å². The third-order valence-electron chi connectivity index (χ3n) is 27.0. The van der Waals surface area contributed by atoms with E-state index >= 15 is 0 Å². The van der Waals surface area contributed by atoms with Crippen LogP contribution in [0, 0.1) is 0 Å². The van der Waals surface area contributed by atoms with Crippen LogP contribution in [0.15, 0.2) is 0 Å². The van der Waals surface area contributed by atoms with Gasteiger partial charge in [-0.15, -0.1) is 0 Å². The Morgan fingerprint density at radius 2 is 0.429 bits per heavy atom. The summed E-state index contributed by atoms with van der Waals surface area (Å²) in [4.78, 5) is 66.3. The summed E-state index contributed by atoms with van der Waals surface area (Å²) in [5.74, 6) is -5.13. The molecular weight excluding hydrogens is 2010 g/mol. The molecule has 12 aliphatic rings. The maximum Gasteiger partial charge on any atom is 0.217 e. The summed E-state index contributed by atoms with van der Waals surface area (Å²) in [6.07, 6.45) is -121. The minimum Gasteiger partial charge on any atom is -0.394 e. The zero-order valence-electron chi connectivity index (χ0n) is 79.2. The fourth-order valence-electron chi connectivity index (χ4n) is 19.1. The standard InChI is InChI=1S/C82H137N5O60/c1-18-40(102)52(114)57(119)76(127-18)125-16-33-65(48(110)35(71(124)128-33)83-19(2)97)139-73-37(85-21(4)99)49(111)64(31(14-95)135-73)142-80-61(123)68(145-82-70(56(118)45(107)28(11-92)134-82)147-75-39(87-23(6)101)50(112)62(30(13-94)137-75)140-77-58(120)53(115)42(104)25(8-89)130-77)66(143-72-36(84-20(3)98)47(109)41(103)24(7-88)129-72)34(138-80)17-126-81-69(55(117)44(106)27(10-91)133-81)146-74-38(86-22(5)100)51(113)63(32(15-96)136-74)141-79-60(122)67(46(108)29(12-93)132-79)144-78-59(121)54(116)43(105)26(9-90)131-78/h18,24-82,88-96,102-124H,7-17H2,1-6H3,(H,83,97)(H,84,98)(H,85,99)(H,86,100)(H,87,101)/t18-,24-,25-,26-,27-,28-,29-,30-,31-,32-,33-,34-,35-,36-,37-,38-,39-,40+,41-,42+,43+,44-,45-,46+,47-,48-,49-,50-,51-,52+,53+,54+,55+,56+,57-,58-,59-,60-,61+,62-,63-,64-,65-,66-,67+,68-,69+,70+,71-,72+,73+,74+,75+,76+,77+,78-,79+,80+,81+,82-/m1/s1. The van der Waals surface area contributed by atoms with Crippen molar-refractivity contribution in [3.05, 3.63) is 0 Å². The highest BCUT2D eigenvalue weighted by Crippen LogP contribution is 2.43. The molecule has 0 bridgehead atoms. The lowest BCUT2D eigenvalue weighted by atomic mass is 9.93. The van der Waals surface area contributed by atoms with Crippen LogP contribution < -0.4 is 26.6 Å². The van der Waals surface area contributed by atoms with Crippen LogP contribution in [0.4, 0.5) is 0 Å². The molecule has 12 saturated heterocycles. The van der Waals surface area contributed by atoms with Crippen LogP contribution in [0.25, 0.3) is 0 Å². The molecule has 37 N–H and O–H groups in total. The quantitative estimate of drug-likeness (QED) is 0.0273. The number of carbonyl (C=O) groups is 5. The highest BCUT2D eigenvalue weighted by Gasteiger charge is 2.64. The number of nitrogens with one attached hydrogen (secondary N) is 5. The molecule has 12 heterocycles. The first-order valence-corrected chi connectivity index (χ1v) is 47.0. The first kappa shape index (κ1) is 121. The molecule has 65 nitrogen and oxygen atoms in total. The lowest BCUT2D eigenvalue weighted by Gasteiger charge is -2.52. The molecular formula is C82H137N5O60. The summed E-state index contributed by atoms with van der Waals surface area (Å²) in [6.45, 7) is -7.52. The predicted molar refractivity (Wildman–Crippen MR) is 452 cm³/mol. The number of hydrogen-bond donors (Lipinski definition) is 37. The lowest BCUT2D eigenvalue weighted by molar-refractivity contribution is -0.409. The zero-order valence-corrected chi connectivity index (χ0v) is 79.2. The molecule has 12 rings (SSSR count). The number of carbonyl (C=O) groups excluding carboxylic acids is 5. The maximum atomic E-state index is 13.6. The zero-order chi connectivity index (χ0) is 108. The molecule has 0 radical (unpaired) electrons. The summed E-state index contributed by atoms with van der Waals surface area (Å²) in [5, 5.41) is 375. The van der Waals surface area contributed by atoms with E-state index in [-0.39, 0.29) is 0 Å². The normalized spacial score (nSPS) is 49.6. The van der Waals surface area contributed by atoms with E-state index in [0.717, 1.165) is 34.6 Å². The molecule has 0 aromatic heterocycles. The van der Waals surface area contributed by atoms with Gasteiger partial charge in [-0.3, -0.25) is 24.0 Å². The summed E-state index contributed by atoms with van der Waals surface area (Å²) < 4.78 is 140. The van der Waals surface area contributed by atoms with Crippen LogP contribution >= 0.6 is 0 Å². The molecule has 12 aliphatic heterocycles. The summed E-state index contributed by atoms with van der Waals surface area (Å²) in [7, 11) is 0. The van der Waals surface area contributed by atoms with Gasteiger partial charge in [0.15, 0.2) is 75.5 Å². The van der Waals surface area contributed by atoms with Gasteiger partial charge < -0.3 is 299 Å². The van der Waals surface area contributed by atoms with Crippen molar-refractivity contribution in [1.82, 2.24) is 26.6 Å². The summed E-state index contributed by atoms with van der Waals surface area (Å²) in [5.41, 5.74) is 0. The number of ether oxygens (including phenoxy) is 23. The van der Waals surface area contributed by atoms with Gasteiger partial charge in [0.25, 0.3) is 0 Å². The Labute approximate surface area is 832 Å². The SMILES string of the molecule is CC(=O)N[C@@H]1[C@@H](O)[C@H](O[C@@H]2O[C@H](CO)[C@@H](O[C@@H]3O[C@H](CO[C@H]4O[C@H](CO)[C@@H](O)[C@H](O)[C@@H]4O[C@@H]4O[C@H](CO)[C@@H](O[C@@H]5O[C@H](CO)[C@H](O)[C@H](O[C@H]6O[C@H](CO)[C@H](O)[C@H](O)[C@H]6O)[C@H]5O)[C@H](O)[C@H]4NC(C)=O)[C@@H](O[C@@H]4O[C@H](CO)[C@@H](O)[C@H](O)[C@H]4NC(C)=O)[C@H](O[C@H]4O[C@H](CO)[C@@H](O)[C@H](O)[C@@H]4O[C@@H]4O[C@H](CO)[C@@H](O[C@@H]5O[C@H](CO)[C@H](O)[C@H](O)[C@H]5O)[C@H](O)[C@H]4NC(C)=O)[C@@H]3O)[C@H](O)[C@H]2NC(C)=O)[C@@H](CO[C@H]2O[C@H](C)[C@H](O)[C@H](O)[C@H]2O)O[C@H]1O. The smallest absolute Gasteiger partial charge is 0.217 e. The van der Waals surface area contributed by atoms with Gasteiger partial charge in [0.2, 0.25) is 29.5 Å². The van der Waals surface area contributed by atoms with Gasteiger partial charge >= 0.3 is 0 Å². The van der Waals surface area contributed by atoms with E-state index in [1.54, 1.807) is 0 Å². The van der Waals surface area contributed by atoms with Gasteiger partial charge in [0, 0.05) is 34.6 Å². The second kappa shape index (κ2) is 52.8. The van der Waals surface area contributed by atoms with Crippen molar-refractivity contribution in [1.29, 1.82) is 0 Å². The molecule has 0 aromatic rings. The average molecular weight is 2150 g/mol. The van der Waals surface area contributed by atoms with Crippen LogP contribution in [-0.4, -0.2) is 634 Å². The monoisotopic (exact) mass is 2150 g/mol. The van der Waals surface area contributed by atoms with Crippen molar-refractivity contribution in [2.75, 3.05) is 72.7 Å². The molecule has 850 valence electrons. The number of rotatable bonds is 38. The predicted octanol–water partition coefficient (Wildman–Crippen LogP) is -25.4. The Morgan fingerprint density at radius 3 is 0.816 bits per heavy atom. The van der Waals surface area contributed by atoms with E-state index in [0.29, 0.717) is 0 Å². The fraction of sp³-hybridized carbons (Fsp3) is 0.939. The Bertz CT molecular complexity index is 4110. The van der Waals surface area contributed by atoms with Crippen molar-refractivity contribution < 1.29 is 296 Å². The van der Waals surface area contributed by atoms with Crippen LogP contribution in [0.3, 0.4) is 0 Å². The first-order chi connectivity index (χ1) is 69.5. The van der Waals surface area contributed by atoms with Crippen LogP contribution in [-0.2, 0) is 133 Å². The maximum absolute atomic E-state index is 13.6. The van der Waals surface area contributed by atoms with Crippen LogP contribution in [0.2, 0.25) is 0 Å². The molecule has 65 heteroatoms. The second-order valence-corrected chi connectivity index (χ2v) is 37.3. The molecule has 0 aromatic carbocycles. The average Bonchev–Trinajstić information content (AvgIpc) is 0.760. The first-order valence-electron chi connectivity index (χ1n) is 47.0. The van der Waals surface area contributed by atoms with Gasteiger partial charge in [0.1, 0.15) is 287 Å². The van der Waals surface area contributed by atoms with E-state index < -0.39 is 470 Å². The van der Waals surface area contributed by atoms with E-state index in [1.807, 2.05) is 0 Å². The molecule has 60 atom stereocenters. The minimum atomic E-state index is -2.86. The van der Waals surface area contributed by atoms with Crippen molar-refractivity contribution in [3.8, 4) is 0 Å². The van der Waals surface area contributed by atoms with E-state index in [4.69, 9.17) is 109 Å². The number of hydrogen-bond acceptors (Lipinski definition) is 60. The van der Waals surface area contributed by atoms with Crippen molar-refractivity contribution >= 4 is 29.5 Å². The van der Waals surface area contributed by atoms with Crippen LogP contribution in [0.5, 0.6) is 0 Å². The Balaban J connectivity index is 0.942. The largest absolute Gasteiger partial charge is 0.394 e. The second-order valence-electron chi connectivity index (χ2n) is 37.3. The molecule has 0 aliphatic carbocycles. The van der Waals surface area contributed by atoms with Crippen molar-refractivity contribution in [2.45, 2.75) is 410 Å². The Hall–Kier alpha value is -4.85. The number of aliphatic hydroxyl groups is 32. The van der Waals surface area contributed by atoms with Gasteiger partial charge in [-0.2, -0.15) is 0 Å². The summed E-state index contributed by atoms with van der Waals surface area (Å²) >= 11 is 0. The molecule has 147 heavy (non-hydrogen) atoms. The van der Waals surface area contributed by atoms with E-state index in [9.17, 15) is 187 Å². The minimum absolute atomic E-state index is 0.871. The van der Waals surface area contributed by atoms with E-state index in [1.165, 1.54) is 6.92 Å². The molecule has 12 fully saturated rings. The van der Waals surface area contributed by atoms with Gasteiger partial charge in [0.05, 0.1) is 78.8 Å². The number of aliphatic hydroxyl groups excluding tert-OH is 32. The van der Waals surface area contributed by atoms with Gasteiger partial charge in [-0.05, 0) is 6.92 Å². The third kappa shape index (κ3) is 26.8. The van der Waals surface area contributed by atoms with Crippen LogP contribution in [0.1, 0.15) is 41.5 Å². The summed E-state index contributed by atoms with van der Waals surface area (Å²) in [6, 6.07) is -10.3. The fourth-order valence-corrected chi connectivity index (χ4v) is 19.1. The topological polar surface area (TPSA) is 1010 Å². The highest BCUT2D eigenvalue weighted by molar-refractivity contribution is 5.75.